The highest BCUT2D eigenvalue weighted by atomic mass is 79.9. The fourth-order valence-electron chi connectivity index (χ4n) is 4.20. The molecule has 6 nitrogen and oxygen atoms in total. The van der Waals surface area contributed by atoms with Gasteiger partial charge in [-0.2, -0.15) is 0 Å². The molecule has 1 aromatic heterocycles. The molecule has 0 radical (unpaired) electrons. The van der Waals surface area contributed by atoms with E-state index in [2.05, 4.69) is 42.8 Å². The molecule has 2 aromatic carbocycles. The van der Waals surface area contributed by atoms with E-state index in [1.165, 1.54) is 6.07 Å². The van der Waals surface area contributed by atoms with Crippen LogP contribution in [0.4, 0.5) is 0 Å². The first-order valence-corrected chi connectivity index (χ1v) is 11.9. The number of rotatable bonds is 4. The molecule has 0 saturated carbocycles. The quantitative estimate of drug-likeness (QED) is 0.399. The van der Waals surface area contributed by atoms with Crippen LogP contribution in [0.25, 0.3) is 11.0 Å². The molecular formula is C24H21Br2NO5. The van der Waals surface area contributed by atoms with Crippen LogP contribution in [-0.2, 0) is 4.74 Å². The minimum atomic E-state index is -0.364. The van der Waals surface area contributed by atoms with Crippen LogP contribution in [0.1, 0.15) is 17.2 Å². The SMILES string of the molecule is Cc1cc(=O)oc2cc(OC/C=C3\Oc4c(Br)cc(Br)cc4[C@H]3N3CCOCC3)ccc12. The minimum Gasteiger partial charge on any atom is -0.489 e. The molecule has 3 aromatic rings. The van der Waals surface area contributed by atoms with Crippen LogP contribution in [0.3, 0.4) is 0 Å². The zero-order valence-electron chi connectivity index (χ0n) is 17.4. The van der Waals surface area contributed by atoms with Crippen LogP contribution in [-0.4, -0.2) is 37.8 Å². The molecule has 1 atom stereocenters. The second-order valence-electron chi connectivity index (χ2n) is 7.78. The van der Waals surface area contributed by atoms with E-state index in [-0.39, 0.29) is 11.7 Å². The van der Waals surface area contributed by atoms with E-state index in [4.69, 9.17) is 18.6 Å². The van der Waals surface area contributed by atoms with Gasteiger partial charge in [-0.3, -0.25) is 4.90 Å². The molecule has 2 aliphatic rings. The predicted octanol–water partition coefficient (Wildman–Crippen LogP) is 5.36. The Balaban J connectivity index is 1.40. The highest BCUT2D eigenvalue weighted by Gasteiger charge is 2.36. The van der Waals surface area contributed by atoms with E-state index in [9.17, 15) is 4.79 Å². The second-order valence-corrected chi connectivity index (χ2v) is 9.55. The zero-order chi connectivity index (χ0) is 22.2. The minimum absolute atomic E-state index is 0.00331. The molecule has 1 saturated heterocycles. The lowest BCUT2D eigenvalue weighted by molar-refractivity contribution is 0.0206. The van der Waals surface area contributed by atoms with E-state index in [0.29, 0.717) is 31.2 Å². The van der Waals surface area contributed by atoms with Crippen molar-refractivity contribution in [3.63, 3.8) is 0 Å². The molecule has 3 heterocycles. The monoisotopic (exact) mass is 561 g/mol. The molecular weight excluding hydrogens is 542 g/mol. The number of aryl methyl sites for hydroxylation is 1. The van der Waals surface area contributed by atoms with E-state index in [1.54, 1.807) is 6.07 Å². The van der Waals surface area contributed by atoms with Crippen LogP contribution < -0.4 is 15.1 Å². The molecule has 0 aliphatic carbocycles. The molecule has 166 valence electrons. The number of halogens is 2. The summed E-state index contributed by atoms with van der Waals surface area (Å²) in [6.07, 6.45) is 1.97. The van der Waals surface area contributed by atoms with Gasteiger partial charge in [-0.25, -0.2) is 4.79 Å². The summed E-state index contributed by atoms with van der Waals surface area (Å²) in [5.74, 6) is 2.30. The summed E-state index contributed by atoms with van der Waals surface area (Å²) in [5, 5.41) is 0.896. The van der Waals surface area contributed by atoms with E-state index in [1.807, 2.05) is 31.2 Å². The summed E-state index contributed by atoms with van der Waals surface area (Å²) in [7, 11) is 0. The Hall–Kier alpha value is -2.13. The second kappa shape index (κ2) is 9.02. The summed E-state index contributed by atoms with van der Waals surface area (Å²) in [4.78, 5) is 14.1. The molecule has 0 spiro atoms. The molecule has 0 amide bonds. The maximum absolute atomic E-state index is 11.7. The van der Waals surface area contributed by atoms with Gasteiger partial charge in [0.25, 0.3) is 0 Å². The number of fused-ring (bicyclic) bond motifs is 2. The van der Waals surface area contributed by atoms with E-state index < -0.39 is 0 Å². The van der Waals surface area contributed by atoms with Crippen molar-refractivity contribution in [2.45, 2.75) is 13.0 Å². The van der Waals surface area contributed by atoms with Gasteiger partial charge in [-0.1, -0.05) is 15.9 Å². The Bertz CT molecular complexity index is 1260. The van der Waals surface area contributed by atoms with Gasteiger partial charge in [0, 0.05) is 40.6 Å². The van der Waals surface area contributed by atoms with Crippen LogP contribution in [0.15, 0.2) is 66.4 Å². The lowest BCUT2D eigenvalue weighted by Crippen LogP contribution is -2.39. The van der Waals surface area contributed by atoms with Crippen molar-refractivity contribution in [1.29, 1.82) is 0 Å². The first-order valence-electron chi connectivity index (χ1n) is 10.4. The third kappa shape index (κ3) is 4.24. The van der Waals surface area contributed by atoms with Gasteiger partial charge in [0.1, 0.15) is 29.4 Å². The predicted molar refractivity (Wildman–Crippen MR) is 128 cm³/mol. The molecule has 32 heavy (non-hydrogen) atoms. The average molecular weight is 563 g/mol. The summed E-state index contributed by atoms with van der Waals surface area (Å²) < 4.78 is 25.0. The fourth-order valence-corrected chi connectivity index (χ4v) is 5.54. The molecule has 0 unspecified atom stereocenters. The third-order valence-electron chi connectivity index (χ3n) is 5.69. The number of morpholine rings is 1. The van der Waals surface area contributed by atoms with Crippen LogP contribution in [0.5, 0.6) is 11.5 Å². The average Bonchev–Trinajstić information content (AvgIpc) is 3.12. The number of nitrogens with zero attached hydrogens (tertiary/aromatic N) is 1. The molecule has 0 bridgehead atoms. The molecule has 5 rings (SSSR count). The van der Waals surface area contributed by atoms with Crippen molar-refractivity contribution in [1.82, 2.24) is 4.90 Å². The zero-order valence-corrected chi connectivity index (χ0v) is 20.6. The number of hydrogen-bond donors (Lipinski definition) is 0. The van der Waals surface area contributed by atoms with E-state index in [0.717, 1.165) is 50.1 Å². The number of hydrogen-bond acceptors (Lipinski definition) is 6. The smallest absolute Gasteiger partial charge is 0.336 e. The lowest BCUT2D eigenvalue weighted by Gasteiger charge is -2.32. The Morgan fingerprint density at radius 3 is 2.78 bits per heavy atom. The largest absolute Gasteiger partial charge is 0.489 e. The Morgan fingerprint density at radius 2 is 1.97 bits per heavy atom. The van der Waals surface area contributed by atoms with Gasteiger partial charge in [0.05, 0.1) is 23.7 Å². The summed E-state index contributed by atoms with van der Waals surface area (Å²) >= 11 is 7.22. The molecule has 8 heteroatoms. The molecule has 2 aliphatic heterocycles. The fraction of sp³-hybridized carbons (Fsp3) is 0.292. The van der Waals surface area contributed by atoms with Gasteiger partial charge in [-0.15, -0.1) is 0 Å². The first-order chi connectivity index (χ1) is 15.5. The molecule has 1 fully saturated rings. The Morgan fingerprint density at radius 1 is 1.16 bits per heavy atom. The van der Waals surface area contributed by atoms with Crippen LogP contribution >= 0.6 is 31.9 Å². The maximum atomic E-state index is 11.7. The Kier molecular flexibility index (Phi) is 6.11. The van der Waals surface area contributed by atoms with Crippen molar-refractivity contribution in [2.24, 2.45) is 0 Å². The lowest BCUT2D eigenvalue weighted by atomic mass is 10.0. The summed E-state index contributed by atoms with van der Waals surface area (Å²) in [6.45, 7) is 5.28. The van der Waals surface area contributed by atoms with Crippen molar-refractivity contribution >= 4 is 42.8 Å². The summed E-state index contributed by atoms with van der Waals surface area (Å²) in [6, 6.07) is 11.1. The van der Waals surface area contributed by atoms with Gasteiger partial charge in [-0.05, 0) is 58.8 Å². The van der Waals surface area contributed by atoms with Crippen molar-refractivity contribution in [2.75, 3.05) is 32.9 Å². The van der Waals surface area contributed by atoms with Crippen molar-refractivity contribution < 1.29 is 18.6 Å². The topological polar surface area (TPSA) is 61.1 Å². The highest BCUT2D eigenvalue weighted by Crippen LogP contribution is 2.48. The van der Waals surface area contributed by atoms with Gasteiger partial charge >= 0.3 is 5.63 Å². The van der Waals surface area contributed by atoms with Crippen LogP contribution in [0.2, 0.25) is 0 Å². The normalized spacial score (nSPS) is 19.8. The Labute approximate surface area is 202 Å². The third-order valence-corrected chi connectivity index (χ3v) is 6.74. The van der Waals surface area contributed by atoms with E-state index >= 15 is 0 Å². The van der Waals surface area contributed by atoms with Crippen LogP contribution in [0, 0.1) is 6.92 Å². The molecule has 0 N–H and O–H groups in total. The standard InChI is InChI=1S/C24H21Br2NO5/c1-14-10-22(28)31-21-13-16(2-3-17(14)21)30-7-4-20-23(27-5-8-29-9-6-27)18-11-15(25)12-19(26)24(18)32-20/h2-4,10-13,23H,5-9H2,1H3/b20-4-/t23-/m1/s1. The van der Waals surface area contributed by atoms with Gasteiger partial charge in [0.2, 0.25) is 0 Å². The number of benzene rings is 2. The maximum Gasteiger partial charge on any atom is 0.336 e. The number of ether oxygens (including phenoxy) is 3. The van der Waals surface area contributed by atoms with Gasteiger partial charge in [0.15, 0.2) is 0 Å². The van der Waals surface area contributed by atoms with Gasteiger partial charge < -0.3 is 18.6 Å². The first kappa shape index (κ1) is 21.7. The summed E-state index contributed by atoms with van der Waals surface area (Å²) in [5.41, 5.74) is 2.15. The van der Waals surface area contributed by atoms with Crippen molar-refractivity contribution in [3.8, 4) is 11.5 Å². The van der Waals surface area contributed by atoms with Crippen molar-refractivity contribution in [3.05, 3.63) is 78.7 Å². The highest BCUT2D eigenvalue weighted by molar-refractivity contribution is 9.11.